The van der Waals surface area contributed by atoms with Crippen LogP contribution in [0.2, 0.25) is 0 Å². The number of aliphatic hydroxyl groups is 1. The molecule has 0 saturated heterocycles. The van der Waals surface area contributed by atoms with E-state index < -0.39 is 6.10 Å². The molecule has 1 atom stereocenters. The Kier molecular flexibility index (Phi) is 5.33. The molecule has 1 rings (SSSR count). The zero-order valence-electron chi connectivity index (χ0n) is 9.43. The molecule has 0 bridgehead atoms. The summed E-state index contributed by atoms with van der Waals surface area (Å²) in [5.74, 6) is 0.811. The van der Waals surface area contributed by atoms with Gasteiger partial charge in [0.25, 0.3) is 0 Å². The first-order chi connectivity index (χ1) is 7.69. The third-order valence-electron chi connectivity index (χ3n) is 2.14. The topological polar surface area (TPSA) is 53.2 Å². The van der Waals surface area contributed by atoms with Crippen molar-refractivity contribution in [2.24, 2.45) is 0 Å². The predicted octanol–water partition coefficient (Wildman–Crippen LogP) is 2.35. The SMILES string of the molecule is COCCSc1cc(C#N)ccc1[C@@H](C)O. The van der Waals surface area contributed by atoms with Crippen molar-refractivity contribution in [1.29, 1.82) is 5.26 Å². The Hall–Kier alpha value is -1.02. The van der Waals surface area contributed by atoms with Gasteiger partial charge < -0.3 is 9.84 Å². The largest absolute Gasteiger partial charge is 0.389 e. The van der Waals surface area contributed by atoms with Crippen molar-refractivity contribution in [1.82, 2.24) is 0 Å². The Morgan fingerprint density at radius 1 is 1.56 bits per heavy atom. The molecule has 0 unspecified atom stereocenters. The van der Waals surface area contributed by atoms with Crippen molar-refractivity contribution < 1.29 is 9.84 Å². The molecule has 0 spiro atoms. The van der Waals surface area contributed by atoms with Crippen LogP contribution < -0.4 is 0 Å². The van der Waals surface area contributed by atoms with Gasteiger partial charge in [-0.3, -0.25) is 0 Å². The molecule has 1 aromatic rings. The lowest BCUT2D eigenvalue weighted by Crippen LogP contribution is -1.97. The Balaban J connectivity index is 2.88. The maximum Gasteiger partial charge on any atom is 0.0992 e. The summed E-state index contributed by atoms with van der Waals surface area (Å²) >= 11 is 1.59. The second-order valence-electron chi connectivity index (χ2n) is 3.38. The van der Waals surface area contributed by atoms with E-state index in [0.717, 1.165) is 16.2 Å². The molecule has 0 aromatic heterocycles. The first-order valence-corrected chi connectivity index (χ1v) is 6.01. The van der Waals surface area contributed by atoms with E-state index in [1.165, 1.54) is 0 Å². The van der Waals surface area contributed by atoms with E-state index in [-0.39, 0.29) is 0 Å². The molecule has 4 heteroatoms. The smallest absolute Gasteiger partial charge is 0.0992 e. The zero-order valence-corrected chi connectivity index (χ0v) is 10.3. The highest BCUT2D eigenvalue weighted by Crippen LogP contribution is 2.28. The molecule has 1 N–H and O–H groups in total. The number of hydrogen-bond acceptors (Lipinski definition) is 4. The molecular formula is C12H15NO2S. The van der Waals surface area contributed by atoms with Crippen LogP contribution in [-0.4, -0.2) is 24.6 Å². The lowest BCUT2D eigenvalue weighted by atomic mass is 10.1. The van der Waals surface area contributed by atoms with Gasteiger partial charge >= 0.3 is 0 Å². The highest BCUT2D eigenvalue weighted by atomic mass is 32.2. The molecule has 0 amide bonds. The summed E-state index contributed by atoms with van der Waals surface area (Å²) in [4.78, 5) is 0.950. The lowest BCUT2D eigenvalue weighted by molar-refractivity contribution is 0.196. The third-order valence-corrected chi connectivity index (χ3v) is 3.17. The number of hydrogen-bond donors (Lipinski definition) is 1. The van der Waals surface area contributed by atoms with E-state index in [2.05, 4.69) is 6.07 Å². The predicted molar refractivity (Wildman–Crippen MR) is 64.4 cm³/mol. The van der Waals surface area contributed by atoms with Crippen LogP contribution in [0.25, 0.3) is 0 Å². The first-order valence-electron chi connectivity index (χ1n) is 5.03. The number of nitriles is 1. The van der Waals surface area contributed by atoms with E-state index in [9.17, 15) is 5.11 Å². The van der Waals surface area contributed by atoms with Gasteiger partial charge in [-0.25, -0.2) is 0 Å². The summed E-state index contributed by atoms with van der Waals surface area (Å²) in [5, 5.41) is 18.4. The van der Waals surface area contributed by atoms with Crippen molar-refractivity contribution >= 4 is 11.8 Å². The fourth-order valence-corrected chi connectivity index (χ4v) is 2.39. The molecule has 0 fully saturated rings. The molecule has 0 aliphatic heterocycles. The molecule has 0 heterocycles. The van der Waals surface area contributed by atoms with E-state index in [0.29, 0.717) is 12.2 Å². The number of ether oxygens (including phenoxy) is 1. The Labute approximate surface area is 100 Å². The number of benzene rings is 1. The minimum Gasteiger partial charge on any atom is -0.389 e. The second-order valence-corrected chi connectivity index (χ2v) is 4.52. The van der Waals surface area contributed by atoms with Gasteiger partial charge in [0.15, 0.2) is 0 Å². The van der Waals surface area contributed by atoms with Crippen molar-refractivity contribution in [3.05, 3.63) is 29.3 Å². The van der Waals surface area contributed by atoms with Crippen LogP contribution in [0, 0.1) is 11.3 Å². The minimum absolute atomic E-state index is 0.516. The maximum absolute atomic E-state index is 9.60. The molecule has 86 valence electrons. The molecule has 16 heavy (non-hydrogen) atoms. The van der Waals surface area contributed by atoms with E-state index in [4.69, 9.17) is 10.00 Å². The van der Waals surface area contributed by atoms with Crippen molar-refractivity contribution in [3.8, 4) is 6.07 Å². The van der Waals surface area contributed by atoms with E-state index in [1.807, 2.05) is 6.07 Å². The van der Waals surface area contributed by atoms with E-state index >= 15 is 0 Å². The highest BCUT2D eigenvalue weighted by Gasteiger charge is 2.09. The fourth-order valence-electron chi connectivity index (χ4n) is 1.31. The monoisotopic (exact) mass is 237 g/mol. The zero-order chi connectivity index (χ0) is 12.0. The van der Waals surface area contributed by atoms with Gasteiger partial charge in [0.1, 0.15) is 0 Å². The Bertz CT molecular complexity index is 385. The van der Waals surface area contributed by atoms with Crippen LogP contribution >= 0.6 is 11.8 Å². The van der Waals surface area contributed by atoms with Crippen LogP contribution in [0.1, 0.15) is 24.2 Å². The molecule has 0 aliphatic carbocycles. The third kappa shape index (κ3) is 3.53. The standard InChI is InChI=1S/C12H15NO2S/c1-9(14)11-4-3-10(8-13)7-12(11)16-6-5-15-2/h3-4,7,9,14H,5-6H2,1-2H3/t9-/m1/s1. The van der Waals surface area contributed by atoms with Crippen LogP contribution in [0.5, 0.6) is 0 Å². The van der Waals surface area contributed by atoms with Gasteiger partial charge in [-0.2, -0.15) is 5.26 Å². The van der Waals surface area contributed by atoms with Gasteiger partial charge in [-0.1, -0.05) is 6.07 Å². The van der Waals surface area contributed by atoms with Gasteiger partial charge in [-0.05, 0) is 24.6 Å². The quantitative estimate of drug-likeness (QED) is 0.631. The molecular weight excluding hydrogens is 222 g/mol. The van der Waals surface area contributed by atoms with Gasteiger partial charge in [-0.15, -0.1) is 11.8 Å². The van der Waals surface area contributed by atoms with Crippen LogP contribution in [0.4, 0.5) is 0 Å². The number of aliphatic hydroxyl groups excluding tert-OH is 1. The molecule has 3 nitrogen and oxygen atoms in total. The normalized spacial score (nSPS) is 12.1. The van der Waals surface area contributed by atoms with Crippen molar-refractivity contribution in [2.45, 2.75) is 17.9 Å². The lowest BCUT2D eigenvalue weighted by Gasteiger charge is -2.11. The molecule has 0 aliphatic rings. The van der Waals surface area contributed by atoms with Gasteiger partial charge in [0, 0.05) is 17.8 Å². The maximum atomic E-state index is 9.60. The summed E-state index contributed by atoms with van der Waals surface area (Å²) in [6.07, 6.45) is -0.516. The summed E-state index contributed by atoms with van der Waals surface area (Å²) < 4.78 is 4.97. The van der Waals surface area contributed by atoms with Crippen LogP contribution in [-0.2, 0) is 4.74 Å². The average molecular weight is 237 g/mol. The number of thioether (sulfide) groups is 1. The molecule has 0 radical (unpaired) electrons. The number of methoxy groups -OCH3 is 1. The first kappa shape index (κ1) is 13.0. The summed E-state index contributed by atoms with van der Waals surface area (Å²) in [7, 11) is 1.65. The Morgan fingerprint density at radius 3 is 2.88 bits per heavy atom. The summed E-state index contributed by atoms with van der Waals surface area (Å²) in [6.45, 7) is 2.38. The number of rotatable bonds is 5. The minimum atomic E-state index is -0.516. The summed E-state index contributed by atoms with van der Waals surface area (Å²) in [5.41, 5.74) is 1.48. The van der Waals surface area contributed by atoms with Gasteiger partial charge in [0.2, 0.25) is 0 Å². The molecule has 1 aromatic carbocycles. The van der Waals surface area contributed by atoms with Crippen LogP contribution in [0.15, 0.2) is 23.1 Å². The summed E-state index contributed by atoms with van der Waals surface area (Å²) in [6, 6.07) is 7.43. The molecule has 0 saturated carbocycles. The second kappa shape index (κ2) is 6.54. The fraction of sp³-hybridized carbons (Fsp3) is 0.417. The highest BCUT2D eigenvalue weighted by molar-refractivity contribution is 7.99. The average Bonchev–Trinajstić information content (AvgIpc) is 2.29. The van der Waals surface area contributed by atoms with Crippen LogP contribution in [0.3, 0.4) is 0 Å². The van der Waals surface area contributed by atoms with Gasteiger partial charge in [0.05, 0.1) is 24.3 Å². The van der Waals surface area contributed by atoms with E-state index in [1.54, 1.807) is 37.9 Å². The Morgan fingerprint density at radius 2 is 2.31 bits per heavy atom. The van der Waals surface area contributed by atoms with Crippen molar-refractivity contribution in [3.63, 3.8) is 0 Å². The number of nitrogens with zero attached hydrogens (tertiary/aromatic N) is 1. The van der Waals surface area contributed by atoms with Crippen molar-refractivity contribution in [2.75, 3.05) is 19.5 Å².